The molecule has 1 aromatic heterocycles. The van der Waals surface area contributed by atoms with Crippen molar-refractivity contribution in [2.24, 2.45) is 0 Å². The number of esters is 1. The molecule has 0 fully saturated rings. The molecule has 0 saturated heterocycles. The molecule has 0 aliphatic heterocycles. The Labute approximate surface area is 109 Å². The van der Waals surface area contributed by atoms with E-state index in [4.69, 9.17) is 4.74 Å². The van der Waals surface area contributed by atoms with Crippen molar-refractivity contribution in [2.45, 2.75) is 33.2 Å². The number of aromatic nitrogens is 1. The standard InChI is InChI=1S/C14H22N2O2/c1-5-18-14(17)10-16(4)12(3)9-13-8-11(2)6-7-15-13/h6-8,12H,5,9-10H2,1-4H3/t12-/m1/s1. The predicted octanol–water partition coefficient (Wildman–Crippen LogP) is 1.82. The summed E-state index contributed by atoms with van der Waals surface area (Å²) < 4.78 is 4.94. The fourth-order valence-corrected chi connectivity index (χ4v) is 1.73. The molecule has 1 rings (SSSR count). The molecular weight excluding hydrogens is 228 g/mol. The molecule has 0 unspecified atom stereocenters. The Hall–Kier alpha value is -1.42. The molecule has 0 aromatic carbocycles. The normalized spacial score (nSPS) is 12.5. The van der Waals surface area contributed by atoms with Gasteiger partial charge in [-0.25, -0.2) is 0 Å². The third-order valence-corrected chi connectivity index (χ3v) is 2.91. The molecule has 1 heterocycles. The van der Waals surface area contributed by atoms with Crippen molar-refractivity contribution in [1.29, 1.82) is 0 Å². The summed E-state index contributed by atoms with van der Waals surface area (Å²) in [6.45, 7) is 6.71. The number of likely N-dealkylation sites (N-methyl/N-ethyl adjacent to an activating group) is 1. The van der Waals surface area contributed by atoms with Crippen LogP contribution in [0.5, 0.6) is 0 Å². The zero-order valence-electron chi connectivity index (χ0n) is 11.6. The lowest BCUT2D eigenvalue weighted by molar-refractivity contribution is -0.144. The SMILES string of the molecule is CCOC(=O)CN(C)[C@H](C)Cc1cc(C)ccn1. The van der Waals surface area contributed by atoms with Crippen molar-refractivity contribution < 1.29 is 9.53 Å². The van der Waals surface area contributed by atoms with Gasteiger partial charge in [0.05, 0.1) is 13.2 Å². The number of carbonyl (C=O) groups excluding carboxylic acids is 1. The van der Waals surface area contributed by atoms with Gasteiger partial charge in [0, 0.05) is 24.4 Å². The Morgan fingerprint density at radius 1 is 1.56 bits per heavy atom. The Morgan fingerprint density at radius 2 is 2.28 bits per heavy atom. The number of nitrogens with zero attached hydrogens (tertiary/aromatic N) is 2. The summed E-state index contributed by atoms with van der Waals surface area (Å²) in [6.07, 6.45) is 2.65. The second-order valence-electron chi connectivity index (χ2n) is 4.60. The quantitative estimate of drug-likeness (QED) is 0.722. The van der Waals surface area contributed by atoms with Crippen LogP contribution in [0.3, 0.4) is 0 Å². The Morgan fingerprint density at radius 3 is 2.89 bits per heavy atom. The maximum Gasteiger partial charge on any atom is 0.320 e. The second kappa shape index (κ2) is 7.11. The molecule has 1 atom stereocenters. The molecule has 4 heteroatoms. The van der Waals surface area contributed by atoms with Crippen molar-refractivity contribution in [3.63, 3.8) is 0 Å². The molecule has 0 radical (unpaired) electrons. The average Bonchev–Trinajstić information content (AvgIpc) is 2.29. The molecule has 0 aliphatic carbocycles. The van der Waals surface area contributed by atoms with Gasteiger partial charge >= 0.3 is 5.97 Å². The fraction of sp³-hybridized carbons (Fsp3) is 0.571. The number of carbonyl (C=O) groups is 1. The molecule has 0 amide bonds. The number of rotatable bonds is 6. The summed E-state index contributed by atoms with van der Waals surface area (Å²) in [4.78, 5) is 17.7. The van der Waals surface area contributed by atoms with Gasteiger partial charge < -0.3 is 4.74 Å². The van der Waals surface area contributed by atoms with Gasteiger partial charge in [-0.2, -0.15) is 0 Å². The first kappa shape index (κ1) is 14.6. The van der Waals surface area contributed by atoms with E-state index in [2.05, 4.69) is 24.9 Å². The second-order valence-corrected chi connectivity index (χ2v) is 4.60. The van der Waals surface area contributed by atoms with Gasteiger partial charge in [0.2, 0.25) is 0 Å². The Balaban J connectivity index is 2.49. The summed E-state index contributed by atoms with van der Waals surface area (Å²) >= 11 is 0. The van der Waals surface area contributed by atoms with Crippen LogP contribution in [-0.2, 0) is 16.0 Å². The van der Waals surface area contributed by atoms with Gasteiger partial charge in [-0.15, -0.1) is 0 Å². The van der Waals surface area contributed by atoms with Crippen LogP contribution < -0.4 is 0 Å². The van der Waals surface area contributed by atoms with E-state index >= 15 is 0 Å². The molecule has 4 nitrogen and oxygen atoms in total. The highest BCUT2D eigenvalue weighted by molar-refractivity contribution is 5.71. The Kier molecular flexibility index (Phi) is 5.78. The van der Waals surface area contributed by atoms with Crippen molar-refractivity contribution in [2.75, 3.05) is 20.2 Å². The molecule has 1 aromatic rings. The minimum absolute atomic E-state index is 0.177. The molecule has 0 spiro atoms. The number of pyridine rings is 1. The van der Waals surface area contributed by atoms with Gasteiger partial charge in [-0.3, -0.25) is 14.7 Å². The topological polar surface area (TPSA) is 42.4 Å². The largest absolute Gasteiger partial charge is 0.465 e. The van der Waals surface area contributed by atoms with Crippen LogP contribution in [-0.4, -0.2) is 42.1 Å². The van der Waals surface area contributed by atoms with Gasteiger partial charge in [-0.05, 0) is 45.5 Å². The highest BCUT2D eigenvalue weighted by Crippen LogP contribution is 2.07. The zero-order valence-corrected chi connectivity index (χ0v) is 11.6. The minimum atomic E-state index is -0.177. The summed E-state index contributed by atoms with van der Waals surface area (Å²) in [5.74, 6) is -0.177. The van der Waals surface area contributed by atoms with E-state index in [9.17, 15) is 4.79 Å². The summed E-state index contributed by atoms with van der Waals surface area (Å²) in [6, 6.07) is 4.31. The maximum atomic E-state index is 11.4. The van der Waals surface area contributed by atoms with E-state index in [0.717, 1.165) is 12.1 Å². The maximum absolute atomic E-state index is 11.4. The highest BCUT2D eigenvalue weighted by Gasteiger charge is 2.14. The van der Waals surface area contributed by atoms with E-state index < -0.39 is 0 Å². The molecular formula is C14H22N2O2. The van der Waals surface area contributed by atoms with E-state index in [1.807, 2.05) is 31.1 Å². The third-order valence-electron chi connectivity index (χ3n) is 2.91. The van der Waals surface area contributed by atoms with E-state index in [1.165, 1.54) is 5.56 Å². The van der Waals surface area contributed by atoms with Crippen LogP contribution in [0.2, 0.25) is 0 Å². The van der Waals surface area contributed by atoms with Gasteiger partial charge in [0.15, 0.2) is 0 Å². The van der Waals surface area contributed by atoms with Gasteiger partial charge in [0.1, 0.15) is 0 Å². The number of hydrogen-bond donors (Lipinski definition) is 0. The van der Waals surface area contributed by atoms with Crippen LogP contribution in [0, 0.1) is 6.92 Å². The minimum Gasteiger partial charge on any atom is -0.465 e. The first-order valence-electron chi connectivity index (χ1n) is 6.30. The summed E-state index contributed by atoms with van der Waals surface area (Å²) in [7, 11) is 1.93. The molecule has 0 aliphatic rings. The molecule has 0 saturated carbocycles. The van der Waals surface area contributed by atoms with Crippen molar-refractivity contribution in [1.82, 2.24) is 9.88 Å². The summed E-state index contributed by atoms with van der Waals surface area (Å²) in [5.41, 5.74) is 2.26. The lowest BCUT2D eigenvalue weighted by Gasteiger charge is -2.23. The molecule has 0 N–H and O–H groups in total. The van der Waals surface area contributed by atoms with E-state index in [-0.39, 0.29) is 12.0 Å². The van der Waals surface area contributed by atoms with Crippen LogP contribution in [0.25, 0.3) is 0 Å². The molecule has 100 valence electrons. The van der Waals surface area contributed by atoms with Gasteiger partial charge in [0.25, 0.3) is 0 Å². The first-order chi connectivity index (χ1) is 8.52. The van der Waals surface area contributed by atoms with Crippen molar-refractivity contribution in [3.8, 4) is 0 Å². The third kappa shape index (κ3) is 4.84. The molecule has 0 bridgehead atoms. The number of hydrogen-bond acceptors (Lipinski definition) is 4. The summed E-state index contributed by atoms with van der Waals surface area (Å²) in [5, 5.41) is 0. The Bertz CT molecular complexity index is 393. The zero-order chi connectivity index (χ0) is 13.5. The van der Waals surface area contributed by atoms with Crippen LogP contribution in [0.1, 0.15) is 25.1 Å². The van der Waals surface area contributed by atoms with Crippen LogP contribution >= 0.6 is 0 Å². The lowest BCUT2D eigenvalue weighted by Crippen LogP contribution is -2.36. The monoisotopic (exact) mass is 250 g/mol. The van der Waals surface area contributed by atoms with E-state index in [1.54, 1.807) is 0 Å². The van der Waals surface area contributed by atoms with Gasteiger partial charge in [-0.1, -0.05) is 0 Å². The highest BCUT2D eigenvalue weighted by atomic mass is 16.5. The van der Waals surface area contributed by atoms with Crippen molar-refractivity contribution in [3.05, 3.63) is 29.6 Å². The first-order valence-corrected chi connectivity index (χ1v) is 6.30. The number of ether oxygens (including phenoxy) is 1. The van der Waals surface area contributed by atoms with Crippen LogP contribution in [0.4, 0.5) is 0 Å². The average molecular weight is 250 g/mol. The smallest absolute Gasteiger partial charge is 0.320 e. The number of aryl methyl sites for hydroxylation is 1. The van der Waals surface area contributed by atoms with Crippen LogP contribution in [0.15, 0.2) is 18.3 Å². The fourth-order valence-electron chi connectivity index (χ4n) is 1.73. The van der Waals surface area contributed by atoms with E-state index in [0.29, 0.717) is 13.2 Å². The lowest BCUT2D eigenvalue weighted by atomic mass is 10.1. The predicted molar refractivity (Wildman–Crippen MR) is 71.4 cm³/mol. The van der Waals surface area contributed by atoms with Crippen molar-refractivity contribution >= 4 is 5.97 Å². The molecule has 18 heavy (non-hydrogen) atoms.